The predicted octanol–water partition coefficient (Wildman–Crippen LogP) is 0.714. The van der Waals surface area contributed by atoms with Crippen molar-refractivity contribution in [1.29, 1.82) is 0 Å². The van der Waals surface area contributed by atoms with Gasteiger partial charge in [-0.2, -0.15) is 0 Å². The number of rotatable bonds is 6. The van der Waals surface area contributed by atoms with Crippen molar-refractivity contribution in [2.75, 3.05) is 20.6 Å². The van der Waals surface area contributed by atoms with Crippen LogP contribution in [0.1, 0.15) is 39.0 Å². The van der Waals surface area contributed by atoms with Crippen LogP contribution in [0.15, 0.2) is 0 Å². The molecule has 0 saturated heterocycles. The van der Waals surface area contributed by atoms with Crippen LogP contribution in [0.5, 0.6) is 0 Å². The molecule has 4 heteroatoms. The first kappa shape index (κ1) is 13.5. The zero-order valence-electron chi connectivity index (χ0n) is 10.8. The molecule has 94 valence electrons. The zero-order chi connectivity index (χ0) is 12.2. The molecule has 1 atom stereocenters. The van der Waals surface area contributed by atoms with Crippen LogP contribution in [0.3, 0.4) is 0 Å². The van der Waals surface area contributed by atoms with Crippen LogP contribution < -0.4 is 11.1 Å². The molecule has 4 nitrogen and oxygen atoms in total. The molecule has 3 N–H and O–H groups in total. The maximum Gasteiger partial charge on any atom is 0.221 e. The average molecular weight is 227 g/mol. The van der Waals surface area contributed by atoms with Crippen molar-refractivity contribution in [2.24, 2.45) is 5.73 Å². The summed E-state index contributed by atoms with van der Waals surface area (Å²) in [5.41, 5.74) is 5.95. The monoisotopic (exact) mass is 227 g/mol. The molecule has 16 heavy (non-hydrogen) atoms. The Morgan fingerprint density at radius 2 is 2.12 bits per heavy atom. The molecule has 1 aliphatic carbocycles. The van der Waals surface area contributed by atoms with Gasteiger partial charge in [-0.05, 0) is 39.8 Å². The van der Waals surface area contributed by atoms with E-state index in [1.807, 2.05) is 6.92 Å². The summed E-state index contributed by atoms with van der Waals surface area (Å²) in [4.78, 5) is 13.8. The third-order valence-electron chi connectivity index (χ3n) is 3.82. The average Bonchev–Trinajstić information content (AvgIpc) is 2.15. The fourth-order valence-electron chi connectivity index (χ4n) is 2.08. The van der Waals surface area contributed by atoms with Crippen LogP contribution in [0.4, 0.5) is 0 Å². The number of carbonyl (C=O) groups excluding carboxylic acids is 1. The van der Waals surface area contributed by atoms with Gasteiger partial charge in [0, 0.05) is 24.5 Å². The van der Waals surface area contributed by atoms with Crippen LogP contribution in [0.25, 0.3) is 0 Å². The van der Waals surface area contributed by atoms with E-state index < -0.39 is 0 Å². The second-order valence-corrected chi connectivity index (χ2v) is 5.12. The molecule has 1 rings (SSSR count). The van der Waals surface area contributed by atoms with E-state index >= 15 is 0 Å². The highest BCUT2D eigenvalue weighted by molar-refractivity contribution is 5.76. The quantitative estimate of drug-likeness (QED) is 0.703. The first-order chi connectivity index (χ1) is 7.50. The molecule has 0 radical (unpaired) electrons. The Bertz CT molecular complexity index is 236. The SMILES string of the molecule is CCC(N)CC(=O)NCC1(N(C)C)CCC1. The van der Waals surface area contributed by atoms with Gasteiger partial charge >= 0.3 is 0 Å². The van der Waals surface area contributed by atoms with Gasteiger partial charge in [0.2, 0.25) is 5.91 Å². The predicted molar refractivity (Wildman–Crippen MR) is 66.2 cm³/mol. The van der Waals surface area contributed by atoms with Crippen LogP contribution in [0, 0.1) is 0 Å². The molecule has 1 aliphatic rings. The van der Waals surface area contributed by atoms with Crippen molar-refractivity contribution in [3.05, 3.63) is 0 Å². The van der Waals surface area contributed by atoms with E-state index in [0.29, 0.717) is 6.42 Å². The molecule has 0 bridgehead atoms. The molecular formula is C12H25N3O. The van der Waals surface area contributed by atoms with Gasteiger partial charge in [-0.25, -0.2) is 0 Å². The number of amides is 1. The zero-order valence-corrected chi connectivity index (χ0v) is 10.8. The highest BCUT2D eigenvalue weighted by Gasteiger charge is 2.39. The fourth-order valence-corrected chi connectivity index (χ4v) is 2.08. The Labute approximate surface area is 98.6 Å². The van der Waals surface area contributed by atoms with Gasteiger partial charge in [-0.1, -0.05) is 6.92 Å². The maximum atomic E-state index is 11.6. The summed E-state index contributed by atoms with van der Waals surface area (Å²) in [7, 11) is 4.17. The van der Waals surface area contributed by atoms with Gasteiger partial charge in [0.15, 0.2) is 0 Å². The minimum atomic E-state index is -0.00306. The second kappa shape index (κ2) is 5.64. The summed E-state index contributed by atoms with van der Waals surface area (Å²) in [6.45, 7) is 2.76. The lowest BCUT2D eigenvalue weighted by atomic mass is 9.75. The molecule has 1 saturated carbocycles. The lowest BCUT2D eigenvalue weighted by Crippen LogP contribution is -2.57. The molecule has 0 aromatic heterocycles. The van der Waals surface area contributed by atoms with Crippen LogP contribution in [-0.4, -0.2) is 43.0 Å². The molecule has 0 aromatic carbocycles. The van der Waals surface area contributed by atoms with Gasteiger partial charge in [0.25, 0.3) is 0 Å². The number of nitrogens with one attached hydrogen (secondary N) is 1. The van der Waals surface area contributed by atoms with Crippen molar-refractivity contribution >= 4 is 5.91 Å². The van der Waals surface area contributed by atoms with E-state index in [1.54, 1.807) is 0 Å². The summed E-state index contributed by atoms with van der Waals surface area (Å²) in [6.07, 6.45) is 4.93. The fraction of sp³-hybridized carbons (Fsp3) is 0.917. The Morgan fingerprint density at radius 1 is 1.50 bits per heavy atom. The highest BCUT2D eigenvalue weighted by atomic mass is 16.1. The molecular weight excluding hydrogens is 202 g/mol. The van der Waals surface area contributed by atoms with Crippen LogP contribution in [-0.2, 0) is 4.79 Å². The standard InChI is InChI=1S/C12H25N3O/c1-4-10(13)8-11(16)14-9-12(15(2)3)6-5-7-12/h10H,4-9,13H2,1-3H3,(H,14,16). The third kappa shape index (κ3) is 3.19. The van der Waals surface area contributed by atoms with Crippen molar-refractivity contribution in [3.63, 3.8) is 0 Å². The van der Waals surface area contributed by atoms with Crippen LogP contribution >= 0.6 is 0 Å². The Kier molecular flexibility index (Phi) is 4.74. The summed E-state index contributed by atoms with van der Waals surface area (Å²) < 4.78 is 0. The van der Waals surface area contributed by atoms with Crippen molar-refractivity contribution < 1.29 is 4.79 Å². The smallest absolute Gasteiger partial charge is 0.221 e. The number of nitrogens with two attached hydrogens (primary N) is 1. The van der Waals surface area contributed by atoms with Gasteiger partial charge in [0.05, 0.1) is 0 Å². The Hall–Kier alpha value is -0.610. The third-order valence-corrected chi connectivity index (χ3v) is 3.82. The van der Waals surface area contributed by atoms with Crippen molar-refractivity contribution in [1.82, 2.24) is 10.2 Å². The summed E-state index contributed by atoms with van der Waals surface area (Å²) in [5, 5.41) is 3.01. The van der Waals surface area contributed by atoms with E-state index in [2.05, 4.69) is 24.3 Å². The van der Waals surface area contributed by atoms with Gasteiger partial charge in [0.1, 0.15) is 0 Å². The first-order valence-corrected chi connectivity index (χ1v) is 6.20. The molecule has 1 fully saturated rings. The minimum Gasteiger partial charge on any atom is -0.354 e. The lowest BCUT2D eigenvalue weighted by Gasteiger charge is -2.47. The maximum absolute atomic E-state index is 11.6. The van der Waals surface area contributed by atoms with E-state index in [-0.39, 0.29) is 17.5 Å². The lowest BCUT2D eigenvalue weighted by molar-refractivity contribution is -0.122. The number of carbonyl (C=O) groups is 1. The van der Waals surface area contributed by atoms with Crippen LogP contribution in [0.2, 0.25) is 0 Å². The second-order valence-electron chi connectivity index (χ2n) is 5.12. The summed E-state index contributed by atoms with van der Waals surface area (Å²) >= 11 is 0. The topological polar surface area (TPSA) is 58.4 Å². The molecule has 1 unspecified atom stereocenters. The highest BCUT2D eigenvalue weighted by Crippen LogP contribution is 2.35. The minimum absolute atomic E-state index is 0.00306. The van der Waals surface area contributed by atoms with Crippen molar-refractivity contribution in [2.45, 2.75) is 50.6 Å². The first-order valence-electron chi connectivity index (χ1n) is 6.20. The van der Waals surface area contributed by atoms with E-state index in [9.17, 15) is 4.79 Å². The summed E-state index contributed by atoms with van der Waals surface area (Å²) in [6, 6.07) is -0.00306. The molecule has 0 aromatic rings. The van der Waals surface area contributed by atoms with E-state index in [1.165, 1.54) is 19.3 Å². The van der Waals surface area contributed by atoms with E-state index in [4.69, 9.17) is 5.73 Å². The molecule has 1 amide bonds. The molecule has 0 spiro atoms. The Balaban J connectivity index is 2.30. The number of likely N-dealkylation sites (N-methyl/N-ethyl adjacent to an activating group) is 1. The van der Waals surface area contributed by atoms with Gasteiger partial charge < -0.3 is 16.0 Å². The van der Waals surface area contributed by atoms with Crippen molar-refractivity contribution in [3.8, 4) is 0 Å². The Morgan fingerprint density at radius 3 is 2.50 bits per heavy atom. The number of nitrogens with zero attached hydrogens (tertiary/aromatic N) is 1. The summed E-state index contributed by atoms with van der Waals surface area (Å²) in [5.74, 6) is 0.0856. The normalized spacial score (nSPS) is 20.3. The number of hydrogen-bond donors (Lipinski definition) is 2. The molecule has 0 aliphatic heterocycles. The molecule has 0 heterocycles. The number of hydrogen-bond acceptors (Lipinski definition) is 3. The van der Waals surface area contributed by atoms with Gasteiger partial charge in [-0.15, -0.1) is 0 Å². The largest absolute Gasteiger partial charge is 0.354 e. The van der Waals surface area contributed by atoms with E-state index in [0.717, 1.165) is 13.0 Å². The van der Waals surface area contributed by atoms with Gasteiger partial charge in [-0.3, -0.25) is 4.79 Å².